The van der Waals surface area contributed by atoms with Gasteiger partial charge in [0.15, 0.2) is 5.82 Å². The fraction of sp³-hybridized carbons (Fsp3) is 0.500. The molecule has 2 aliphatic rings. The van der Waals surface area contributed by atoms with E-state index in [2.05, 4.69) is 15.0 Å². The number of nitrogens with zero attached hydrogens (tertiary/aromatic N) is 4. The van der Waals surface area contributed by atoms with Crippen molar-refractivity contribution in [2.24, 2.45) is 0 Å². The molecule has 24 heavy (non-hydrogen) atoms. The van der Waals surface area contributed by atoms with E-state index in [4.69, 9.17) is 4.52 Å². The summed E-state index contributed by atoms with van der Waals surface area (Å²) in [7, 11) is 0. The molecule has 126 valence electrons. The second-order valence-electron chi connectivity index (χ2n) is 6.76. The molecule has 6 nitrogen and oxygen atoms in total. The van der Waals surface area contributed by atoms with E-state index in [0.29, 0.717) is 12.5 Å². The quantitative estimate of drug-likeness (QED) is 0.862. The average molecular weight is 326 g/mol. The Bertz CT molecular complexity index is 713. The number of hydrogen-bond donors (Lipinski definition) is 0. The van der Waals surface area contributed by atoms with Crippen molar-refractivity contribution in [2.75, 3.05) is 26.2 Å². The standard InChI is InChI=1S/C18H22N4O2/c1-13-2-4-15(5-3-13)18(23)22-10-8-21(9-11-22)12-16-19-17(24-20-16)14-6-7-14/h2-5,14H,6-12H2,1H3. The number of amides is 1. The average Bonchev–Trinajstić information content (AvgIpc) is 3.36. The van der Waals surface area contributed by atoms with E-state index in [9.17, 15) is 4.79 Å². The molecular formula is C18H22N4O2. The number of rotatable bonds is 4. The molecule has 2 aromatic rings. The van der Waals surface area contributed by atoms with Crippen LogP contribution < -0.4 is 0 Å². The molecule has 6 heteroatoms. The van der Waals surface area contributed by atoms with Gasteiger partial charge < -0.3 is 9.42 Å². The molecule has 1 aliphatic carbocycles. The summed E-state index contributed by atoms with van der Waals surface area (Å²) in [4.78, 5) is 21.2. The zero-order valence-corrected chi connectivity index (χ0v) is 13.9. The van der Waals surface area contributed by atoms with Gasteiger partial charge in [-0.2, -0.15) is 4.98 Å². The number of piperazine rings is 1. The molecule has 0 radical (unpaired) electrons. The number of carbonyl (C=O) groups excluding carboxylic acids is 1. The first-order valence-corrected chi connectivity index (χ1v) is 8.60. The highest BCUT2D eigenvalue weighted by atomic mass is 16.5. The first-order chi connectivity index (χ1) is 11.7. The Morgan fingerprint density at radius 3 is 2.54 bits per heavy atom. The predicted molar refractivity (Wildman–Crippen MR) is 88.6 cm³/mol. The molecule has 1 aliphatic heterocycles. The van der Waals surface area contributed by atoms with Crippen molar-refractivity contribution < 1.29 is 9.32 Å². The van der Waals surface area contributed by atoms with Gasteiger partial charge in [0.1, 0.15) is 0 Å². The Morgan fingerprint density at radius 1 is 1.17 bits per heavy atom. The summed E-state index contributed by atoms with van der Waals surface area (Å²) in [5.74, 6) is 2.16. The van der Waals surface area contributed by atoms with E-state index in [1.165, 1.54) is 18.4 Å². The summed E-state index contributed by atoms with van der Waals surface area (Å²) in [6.07, 6.45) is 2.34. The van der Waals surface area contributed by atoms with Crippen LogP contribution in [0.3, 0.4) is 0 Å². The lowest BCUT2D eigenvalue weighted by Gasteiger charge is -2.34. The molecular weight excluding hydrogens is 304 g/mol. The monoisotopic (exact) mass is 326 g/mol. The highest BCUT2D eigenvalue weighted by Crippen LogP contribution is 2.38. The minimum atomic E-state index is 0.116. The van der Waals surface area contributed by atoms with E-state index >= 15 is 0 Å². The van der Waals surface area contributed by atoms with E-state index in [-0.39, 0.29) is 5.91 Å². The third-order valence-corrected chi connectivity index (χ3v) is 4.73. The van der Waals surface area contributed by atoms with Crippen molar-refractivity contribution in [3.05, 3.63) is 47.1 Å². The molecule has 0 spiro atoms. The molecule has 1 saturated heterocycles. The van der Waals surface area contributed by atoms with Crippen molar-refractivity contribution in [1.82, 2.24) is 19.9 Å². The van der Waals surface area contributed by atoms with Crippen molar-refractivity contribution in [1.29, 1.82) is 0 Å². The lowest BCUT2D eigenvalue weighted by Crippen LogP contribution is -2.48. The van der Waals surface area contributed by atoms with Gasteiger partial charge in [-0.25, -0.2) is 0 Å². The van der Waals surface area contributed by atoms with Crippen LogP contribution in [0.4, 0.5) is 0 Å². The molecule has 1 saturated carbocycles. The fourth-order valence-electron chi connectivity index (χ4n) is 3.02. The first kappa shape index (κ1) is 15.3. The van der Waals surface area contributed by atoms with Crippen LogP contribution in [-0.4, -0.2) is 52.0 Å². The van der Waals surface area contributed by atoms with E-state index in [1.807, 2.05) is 36.1 Å². The zero-order chi connectivity index (χ0) is 16.5. The maximum atomic E-state index is 12.5. The van der Waals surface area contributed by atoms with Crippen LogP contribution in [0, 0.1) is 6.92 Å². The van der Waals surface area contributed by atoms with Gasteiger partial charge in [0.25, 0.3) is 5.91 Å². The second kappa shape index (κ2) is 6.36. The first-order valence-electron chi connectivity index (χ1n) is 8.60. The van der Waals surface area contributed by atoms with E-state index in [0.717, 1.165) is 43.5 Å². The largest absolute Gasteiger partial charge is 0.339 e. The maximum absolute atomic E-state index is 12.5. The van der Waals surface area contributed by atoms with Crippen LogP contribution >= 0.6 is 0 Å². The number of hydrogen-bond acceptors (Lipinski definition) is 5. The lowest BCUT2D eigenvalue weighted by molar-refractivity contribution is 0.0624. The molecule has 0 unspecified atom stereocenters. The van der Waals surface area contributed by atoms with Crippen LogP contribution in [0.1, 0.15) is 46.4 Å². The van der Waals surface area contributed by atoms with Gasteiger partial charge in [-0.05, 0) is 31.9 Å². The summed E-state index contributed by atoms with van der Waals surface area (Å²) in [6.45, 7) is 5.87. The van der Waals surface area contributed by atoms with Gasteiger partial charge >= 0.3 is 0 Å². The Kier molecular flexibility index (Phi) is 4.06. The number of aromatic nitrogens is 2. The van der Waals surface area contributed by atoms with E-state index in [1.54, 1.807) is 0 Å². The Morgan fingerprint density at radius 2 is 1.88 bits per heavy atom. The topological polar surface area (TPSA) is 62.5 Å². The van der Waals surface area contributed by atoms with Crippen molar-refractivity contribution in [3.63, 3.8) is 0 Å². The minimum Gasteiger partial charge on any atom is -0.339 e. The molecule has 4 rings (SSSR count). The molecule has 1 aromatic carbocycles. The summed E-state index contributed by atoms with van der Waals surface area (Å²) in [5.41, 5.74) is 1.93. The summed E-state index contributed by atoms with van der Waals surface area (Å²) in [6, 6.07) is 7.78. The van der Waals surface area contributed by atoms with Gasteiger partial charge in [-0.3, -0.25) is 9.69 Å². The molecule has 0 atom stereocenters. The van der Waals surface area contributed by atoms with Crippen molar-refractivity contribution in [3.8, 4) is 0 Å². The summed E-state index contributed by atoms with van der Waals surface area (Å²) < 4.78 is 5.30. The lowest BCUT2D eigenvalue weighted by atomic mass is 10.1. The van der Waals surface area contributed by atoms with Crippen molar-refractivity contribution in [2.45, 2.75) is 32.2 Å². The Labute approximate surface area is 141 Å². The summed E-state index contributed by atoms with van der Waals surface area (Å²) >= 11 is 0. The van der Waals surface area contributed by atoms with Gasteiger partial charge in [-0.1, -0.05) is 22.9 Å². The summed E-state index contributed by atoms with van der Waals surface area (Å²) in [5, 5.41) is 4.07. The van der Waals surface area contributed by atoms with Gasteiger partial charge in [0, 0.05) is 37.7 Å². The van der Waals surface area contributed by atoms with Crippen LogP contribution in [0.25, 0.3) is 0 Å². The maximum Gasteiger partial charge on any atom is 0.253 e. The molecule has 1 aromatic heterocycles. The van der Waals surface area contributed by atoms with Crippen molar-refractivity contribution >= 4 is 5.91 Å². The van der Waals surface area contributed by atoms with Gasteiger partial charge in [-0.15, -0.1) is 0 Å². The fourth-order valence-corrected chi connectivity index (χ4v) is 3.02. The third kappa shape index (κ3) is 3.33. The molecule has 0 N–H and O–H groups in total. The molecule has 1 amide bonds. The zero-order valence-electron chi connectivity index (χ0n) is 13.9. The number of benzene rings is 1. The highest BCUT2D eigenvalue weighted by Gasteiger charge is 2.30. The second-order valence-corrected chi connectivity index (χ2v) is 6.76. The number of aryl methyl sites for hydroxylation is 1. The Hall–Kier alpha value is -2.21. The molecule has 2 heterocycles. The van der Waals surface area contributed by atoms with Gasteiger partial charge in [0.2, 0.25) is 5.89 Å². The van der Waals surface area contributed by atoms with Gasteiger partial charge in [0.05, 0.1) is 6.54 Å². The van der Waals surface area contributed by atoms with E-state index < -0.39 is 0 Å². The molecule has 0 bridgehead atoms. The SMILES string of the molecule is Cc1ccc(C(=O)N2CCN(Cc3noc(C4CC4)n3)CC2)cc1. The minimum absolute atomic E-state index is 0.116. The highest BCUT2D eigenvalue weighted by molar-refractivity contribution is 5.94. The third-order valence-electron chi connectivity index (χ3n) is 4.73. The van der Waals surface area contributed by atoms with Crippen LogP contribution in [0.5, 0.6) is 0 Å². The number of carbonyl (C=O) groups is 1. The Balaban J connectivity index is 1.30. The van der Waals surface area contributed by atoms with Crippen LogP contribution in [-0.2, 0) is 6.54 Å². The molecule has 2 fully saturated rings. The van der Waals surface area contributed by atoms with Crippen LogP contribution in [0.2, 0.25) is 0 Å². The van der Waals surface area contributed by atoms with Crippen LogP contribution in [0.15, 0.2) is 28.8 Å². The normalized spacial score (nSPS) is 18.8. The predicted octanol–water partition coefficient (Wildman–Crippen LogP) is 2.21. The smallest absolute Gasteiger partial charge is 0.253 e.